The van der Waals surface area contributed by atoms with Crippen molar-refractivity contribution in [2.24, 2.45) is 0 Å². The van der Waals surface area contributed by atoms with Crippen LogP contribution in [0.2, 0.25) is 0 Å². The van der Waals surface area contributed by atoms with Crippen molar-refractivity contribution < 1.29 is 4.79 Å². The average molecular weight is 328 g/mol. The minimum absolute atomic E-state index is 0.0390. The quantitative estimate of drug-likeness (QED) is 0.794. The maximum absolute atomic E-state index is 12.1. The lowest BCUT2D eigenvalue weighted by atomic mass is 10.2. The second-order valence-electron chi connectivity index (χ2n) is 6.27. The van der Waals surface area contributed by atoms with Crippen LogP contribution < -0.4 is 5.32 Å². The summed E-state index contributed by atoms with van der Waals surface area (Å²) in [5.74, 6) is 2.17. The first kappa shape index (κ1) is 14.8. The number of aromatic nitrogens is 3. The van der Waals surface area contributed by atoms with Crippen LogP contribution in [0.25, 0.3) is 0 Å². The molecule has 2 fully saturated rings. The molecule has 2 aromatic rings. The van der Waals surface area contributed by atoms with Crippen LogP contribution in [0.4, 0.5) is 0 Å². The molecule has 2 aliphatic rings. The van der Waals surface area contributed by atoms with E-state index in [0.29, 0.717) is 24.3 Å². The molecular formula is C17H20N4OS. The molecular weight excluding hydrogens is 308 g/mol. The third kappa shape index (κ3) is 3.58. The summed E-state index contributed by atoms with van der Waals surface area (Å²) < 4.78 is 2.28. The van der Waals surface area contributed by atoms with Crippen LogP contribution >= 0.6 is 11.8 Å². The third-order valence-electron chi connectivity index (χ3n) is 4.21. The molecule has 0 saturated heterocycles. The van der Waals surface area contributed by atoms with Crippen LogP contribution in [0.1, 0.15) is 49.0 Å². The van der Waals surface area contributed by atoms with E-state index >= 15 is 0 Å². The molecule has 2 aliphatic carbocycles. The Hall–Kier alpha value is -1.82. The Morgan fingerprint density at radius 1 is 1.17 bits per heavy atom. The van der Waals surface area contributed by atoms with Gasteiger partial charge in [-0.25, -0.2) is 0 Å². The molecule has 0 spiro atoms. The molecule has 6 heteroatoms. The predicted molar refractivity (Wildman–Crippen MR) is 89.3 cm³/mol. The van der Waals surface area contributed by atoms with E-state index in [1.807, 2.05) is 30.3 Å². The van der Waals surface area contributed by atoms with Crippen molar-refractivity contribution in [3.05, 3.63) is 41.7 Å². The summed E-state index contributed by atoms with van der Waals surface area (Å²) >= 11 is 1.50. The van der Waals surface area contributed by atoms with E-state index in [4.69, 9.17) is 0 Å². The first-order valence-electron chi connectivity index (χ1n) is 8.19. The van der Waals surface area contributed by atoms with E-state index in [9.17, 15) is 4.79 Å². The molecule has 4 rings (SSSR count). The molecule has 0 aliphatic heterocycles. The van der Waals surface area contributed by atoms with Crippen LogP contribution in [0.15, 0.2) is 35.5 Å². The van der Waals surface area contributed by atoms with Gasteiger partial charge in [0.05, 0.1) is 5.75 Å². The number of nitrogens with zero attached hydrogens (tertiary/aromatic N) is 3. The molecule has 120 valence electrons. The average Bonchev–Trinajstić information content (AvgIpc) is 3.50. The van der Waals surface area contributed by atoms with E-state index in [0.717, 1.165) is 16.5 Å². The van der Waals surface area contributed by atoms with Gasteiger partial charge in [0.25, 0.3) is 0 Å². The molecule has 2 saturated carbocycles. The predicted octanol–water partition coefficient (Wildman–Crippen LogP) is 2.90. The van der Waals surface area contributed by atoms with E-state index < -0.39 is 0 Å². The number of nitrogens with one attached hydrogen (secondary N) is 1. The molecule has 0 radical (unpaired) electrons. The summed E-state index contributed by atoms with van der Waals surface area (Å²) in [4.78, 5) is 12.1. The lowest BCUT2D eigenvalue weighted by Gasteiger charge is -2.08. The summed E-state index contributed by atoms with van der Waals surface area (Å²) in [6, 6.07) is 10.5. The zero-order chi connectivity index (χ0) is 15.6. The van der Waals surface area contributed by atoms with Gasteiger partial charge >= 0.3 is 0 Å². The largest absolute Gasteiger partial charge is 0.351 e. The van der Waals surface area contributed by atoms with Gasteiger partial charge in [-0.2, -0.15) is 0 Å². The van der Waals surface area contributed by atoms with Gasteiger partial charge in [-0.1, -0.05) is 42.1 Å². The maximum atomic E-state index is 12.1. The number of benzene rings is 1. The molecule has 23 heavy (non-hydrogen) atoms. The fraction of sp³-hybridized carbons (Fsp3) is 0.471. The Kier molecular flexibility index (Phi) is 4.08. The Balaban J connectivity index is 1.33. The van der Waals surface area contributed by atoms with Crippen LogP contribution in [0.5, 0.6) is 0 Å². The van der Waals surface area contributed by atoms with E-state index in [1.54, 1.807) is 0 Å². The normalized spacial score (nSPS) is 17.2. The number of rotatable bonds is 7. The molecule has 0 bridgehead atoms. The van der Waals surface area contributed by atoms with Gasteiger partial charge in [0.15, 0.2) is 5.16 Å². The van der Waals surface area contributed by atoms with Gasteiger partial charge in [-0.15, -0.1) is 10.2 Å². The van der Waals surface area contributed by atoms with E-state index in [2.05, 4.69) is 20.1 Å². The molecule has 1 aromatic heterocycles. The van der Waals surface area contributed by atoms with Gasteiger partial charge in [-0.3, -0.25) is 4.79 Å². The van der Waals surface area contributed by atoms with Crippen molar-refractivity contribution in [2.75, 3.05) is 5.75 Å². The molecule has 1 aromatic carbocycles. The van der Waals surface area contributed by atoms with Gasteiger partial charge in [0, 0.05) is 18.5 Å². The minimum Gasteiger partial charge on any atom is -0.351 e. The first-order chi connectivity index (χ1) is 11.3. The lowest BCUT2D eigenvalue weighted by Crippen LogP contribution is -2.24. The minimum atomic E-state index is 0.0390. The lowest BCUT2D eigenvalue weighted by molar-refractivity contribution is -0.118. The summed E-state index contributed by atoms with van der Waals surface area (Å²) in [7, 11) is 0. The maximum Gasteiger partial charge on any atom is 0.230 e. The van der Waals surface area contributed by atoms with Crippen molar-refractivity contribution in [3.8, 4) is 0 Å². The highest BCUT2D eigenvalue weighted by Gasteiger charge is 2.36. The Morgan fingerprint density at radius 2 is 1.96 bits per heavy atom. The molecule has 0 atom stereocenters. The molecule has 1 heterocycles. The van der Waals surface area contributed by atoms with Crippen LogP contribution in [-0.2, 0) is 11.3 Å². The zero-order valence-corrected chi connectivity index (χ0v) is 13.8. The highest BCUT2D eigenvalue weighted by molar-refractivity contribution is 7.99. The van der Waals surface area contributed by atoms with Crippen LogP contribution in [0.3, 0.4) is 0 Å². The van der Waals surface area contributed by atoms with Gasteiger partial charge in [0.1, 0.15) is 5.82 Å². The summed E-state index contributed by atoms with van der Waals surface area (Å²) in [5, 5.41) is 12.6. The zero-order valence-electron chi connectivity index (χ0n) is 12.9. The van der Waals surface area contributed by atoms with Gasteiger partial charge < -0.3 is 9.88 Å². The SMILES string of the molecule is O=C(CSc1nnc(C2CC2)n1C1CC1)NCc1ccccc1. The van der Waals surface area contributed by atoms with E-state index in [-0.39, 0.29) is 5.91 Å². The van der Waals surface area contributed by atoms with Gasteiger partial charge in [-0.05, 0) is 31.2 Å². The summed E-state index contributed by atoms with van der Waals surface area (Å²) in [6.07, 6.45) is 4.89. The van der Waals surface area contributed by atoms with Crippen LogP contribution in [-0.4, -0.2) is 26.4 Å². The first-order valence-corrected chi connectivity index (χ1v) is 9.18. The third-order valence-corrected chi connectivity index (χ3v) is 5.15. The number of carbonyl (C=O) groups is 1. The standard InChI is InChI=1S/C17H20N4OS/c22-15(18-10-12-4-2-1-3-5-12)11-23-17-20-19-16(13-6-7-13)21(17)14-8-9-14/h1-5,13-14H,6-11H2,(H,18,22). The molecule has 1 N–H and O–H groups in total. The van der Waals surface area contributed by atoms with Crippen molar-refractivity contribution >= 4 is 17.7 Å². The Morgan fingerprint density at radius 3 is 2.65 bits per heavy atom. The summed E-state index contributed by atoms with van der Waals surface area (Å²) in [6.45, 7) is 0.572. The smallest absolute Gasteiger partial charge is 0.230 e. The number of carbonyl (C=O) groups excluding carboxylic acids is 1. The highest BCUT2D eigenvalue weighted by Crippen LogP contribution is 2.45. The van der Waals surface area contributed by atoms with Crippen molar-refractivity contribution in [1.29, 1.82) is 0 Å². The monoisotopic (exact) mass is 328 g/mol. The van der Waals surface area contributed by atoms with Crippen molar-refractivity contribution in [3.63, 3.8) is 0 Å². The van der Waals surface area contributed by atoms with Crippen LogP contribution in [0, 0.1) is 0 Å². The van der Waals surface area contributed by atoms with Crippen molar-refractivity contribution in [2.45, 2.75) is 49.3 Å². The Bertz CT molecular complexity index is 692. The highest BCUT2D eigenvalue weighted by atomic mass is 32.2. The fourth-order valence-corrected chi connectivity index (χ4v) is 3.50. The topological polar surface area (TPSA) is 59.8 Å². The van der Waals surface area contributed by atoms with E-state index in [1.165, 1.54) is 37.4 Å². The molecule has 1 amide bonds. The second-order valence-corrected chi connectivity index (χ2v) is 7.21. The number of thioether (sulfide) groups is 1. The number of amides is 1. The molecule has 0 unspecified atom stereocenters. The second kappa shape index (κ2) is 6.35. The molecule has 5 nitrogen and oxygen atoms in total. The summed E-state index contributed by atoms with van der Waals surface area (Å²) in [5.41, 5.74) is 1.11. The number of hydrogen-bond donors (Lipinski definition) is 1. The van der Waals surface area contributed by atoms with Gasteiger partial charge in [0.2, 0.25) is 5.91 Å². The Labute approximate surface area is 139 Å². The fourth-order valence-electron chi connectivity index (χ4n) is 2.66. The van der Waals surface area contributed by atoms with Crippen molar-refractivity contribution in [1.82, 2.24) is 20.1 Å². The number of hydrogen-bond acceptors (Lipinski definition) is 4.